The maximum Gasteiger partial charge on any atom is 0.404 e. The summed E-state index contributed by atoms with van der Waals surface area (Å²) in [5.41, 5.74) is 15.1. The fourth-order valence-electron chi connectivity index (χ4n) is 5.43. The first kappa shape index (κ1) is 29.3. The molecule has 12 nitrogen and oxygen atoms in total. The number of pyridine rings is 1. The fourth-order valence-corrected chi connectivity index (χ4v) is 5.43. The maximum absolute atomic E-state index is 11.2. The summed E-state index contributed by atoms with van der Waals surface area (Å²) < 4.78 is 6.96. The van der Waals surface area contributed by atoms with E-state index >= 15 is 0 Å². The van der Waals surface area contributed by atoms with Crippen molar-refractivity contribution in [2.45, 2.75) is 72.9 Å². The normalized spacial score (nSPS) is 16.2. The van der Waals surface area contributed by atoms with Crippen molar-refractivity contribution in [3.05, 3.63) is 35.3 Å². The molecule has 218 valence electrons. The molecule has 0 saturated carbocycles. The largest absolute Gasteiger partial charge is 0.448 e. The summed E-state index contributed by atoms with van der Waals surface area (Å²) in [6.45, 7) is 16.5. The summed E-state index contributed by atoms with van der Waals surface area (Å²) >= 11 is 0. The van der Waals surface area contributed by atoms with Gasteiger partial charge in [0.2, 0.25) is 5.95 Å². The number of fused-ring (bicyclic) bond motifs is 1. The van der Waals surface area contributed by atoms with Gasteiger partial charge in [-0.25, -0.2) is 19.3 Å². The van der Waals surface area contributed by atoms with E-state index in [2.05, 4.69) is 77.8 Å². The number of nitrogens with two attached hydrogens (primary N) is 2. The minimum absolute atomic E-state index is 0.0502. The molecule has 1 amide bonds. The Labute approximate surface area is 236 Å². The Kier molecular flexibility index (Phi) is 8.97. The van der Waals surface area contributed by atoms with Crippen LogP contribution < -0.4 is 21.7 Å². The molecule has 1 aliphatic heterocycles. The summed E-state index contributed by atoms with van der Waals surface area (Å²) in [6, 6.07) is 2.52. The zero-order chi connectivity index (χ0) is 29.0. The molecule has 0 radical (unpaired) electrons. The van der Waals surface area contributed by atoms with Crippen LogP contribution in [0.15, 0.2) is 18.5 Å². The van der Waals surface area contributed by atoms with Gasteiger partial charge >= 0.3 is 6.09 Å². The van der Waals surface area contributed by atoms with Gasteiger partial charge in [-0.15, -0.1) is 5.10 Å². The molecule has 3 aromatic rings. The minimum Gasteiger partial charge on any atom is -0.448 e. The van der Waals surface area contributed by atoms with Crippen molar-refractivity contribution < 1.29 is 9.53 Å². The third-order valence-corrected chi connectivity index (χ3v) is 7.49. The lowest BCUT2D eigenvalue weighted by molar-refractivity contribution is 0.0344. The minimum atomic E-state index is -0.730. The number of nitrogens with zero attached hydrogens (tertiary/aromatic N) is 7. The Balaban J connectivity index is 1.44. The number of nitrogens with one attached hydrogen (secondary N) is 1. The lowest BCUT2D eigenvalue weighted by Crippen LogP contribution is -2.56. The van der Waals surface area contributed by atoms with Crippen LogP contribution in [-0.4, -0.2) is 80.4 Å². The van der Waals surface area contributed by atoms with Crippen molar-refractivity contribution in [3.63, 3.8) is 0 Å². The third kappa shape index (κ3) is 6.90. The first-order chi connectivity index (χ1) is 19.0. The Morgan fingerprint density at radius 1 is 1.18 bits per heavy atom. The average molecular weight is 553 g/mol. The molecule has 4 rings (SSSR count). The van der Waals surface area contributed by atoms with Crippen LogP contribution in [0.5, 0.6) is 0 Å². The smallest absolute Gasteiger partial charge is 0.404 e. The molecule has 1 unspecified atom stereocenters. The van der Waals surface area contributed by atoms with E-state index in [1.54, 1.807) is 10.7 Å². The number of imidazole rings is 1. The SMILES string of the molecule is CCCC(C)Nc1nc(N)c2ncc(Cc3cnc(N4CCN([C@H](COC(N)=O)C(C)(C)C)CC4)c(C)c3)n2n1. The van der Waals surface area contributed by atoms with Crippen LogP contribution in [0, 0.1) is 12.3 Å². The van der Waals surface area contributed by atoms with Gasteiger partial charge in [-0.3, -0.25) is 4.90 Å². The van der Waals surface area contributed by atoms with Crippen molar-refractivity contribution in [1.29, 1.82) is 0 Å². The number of amides is 1. The van der Waals surface area contributed by atoms with Crippen molar-refractivity contribution in [2.75, 3.05) is 48.7 Å². The predicted octanol–water partition coefficient (Wildman–Crippen LogP) is 3.23. The number of hydrogen-bond donors (Lipinski definition) is 3. The number of nitrogen functional groups attached to an aromatic ring is 1. The highest BCUT2D eigenvalue weighted by molar-refractivity contribution is 5.64. The van der Waals surface area contributed by atoms with E-state index in [0.29, 0.717) is 30.4 Å². The molecule has 5 N–H and O–H groups in total. The number of primary amides is 1. The number of aromatic nitrogens is 5. The molecule has 0 spiro atoms. The maximum atomic E-state index is 11.2. The summed E-state index contributed by atoms with van der Waals surface area (Å²) in [4.78, 5) is 29.6. The quantitative estimate of drug-likeness (QED) is 0.342. The molecule has 40 heavy (non-hydrogen) atoms. The number of rotatable bonds is 10. The summed E-state index contributed by atoms with van der Waals surface area (Å²) in [7, 11) is 0. The molecule has 1 saturated heterocycles. The Morgan fingerprint density at radius 2 is 1.90 bits per heavy atom. The molecule has 0 bridgehead atoms. The highest BCUT2D eigenvalue weighted by Gasteiger charge is 2.34. The molecule has 2 atom stereocenters. The van der Waals surface area contributed by atoms with Crippen molar-refractivity contribution in [3.8, 4) is 0 Å². The van der Waals surface area contributed by atoms with Crippen LogP contribution in [-0.2, 0) is 11.2 Å². The van der Waals surface area contributed by atoms with E-state index in [1.165, 1.54) is 0 Å². The molecular weight excluding hydrogens is 508 g/mol. The number of anilines is 3. The lowest BCUT2D eigenvalue weighted by Gasteiger charge is -2.44. The number of ether oxygens (including phenoxy) is 1. The second-order valence-corrected chi connectivity index (χ2v) is 11.8. The number of hydrogen-bond acceptors (Lipinski definition) is 10. The van der Waals surface area contributed by atoms with Gasteiger partial charge in [-0.05, 0) is 36.8 Å². The van der Waals surface area contributed by atoms with Crippen molar-refractivity contribution >= 4 is 29.3 Å². The van der Waals surface area contributed by atoms with E-state index in [-0.39, 0.29) is 17.5 Å². The average Bonchev–Trinajstić information content (AvgIpc) is 3.27. The molecule has 3 aromatic heterocycles. The Bertz CT molecular complexity index is 1310. The van der Waals surface area contributed by atoms with Crippen LogP contribution in [0.3, 0.4) is 0 Å². The molecular formula is C28H44N10O2. The predicted molar refractivity (Wildman–Crippen MR) is 158 cm³/mol. The van der Waals surface area contributed by atoms with Crippen LogP contribution in [0.1, 0.15) is 64.3 Å². The van der Waals surface area contributed by atoms with Gasteiger partial charge in [-0.1, -0.05) is 40.2 Å². The molecule has 0 aliphatic carbocycles. The Hall–Kier alpha value is -3.67. The first-order valence-corrected chi connectivity index (χ1v) is 14.1. The highest BCUT2D eigenvalue weighted by atomic mass is 16.5. The third-order valence-electron chi connectivity index (χ3n) is 7.49. The fraction of sp³-hybridized carbons (Fsp3) is 0.607. The Morgan fingerprint density at radius 3 is 2.52 bits per heavy atom. The second kappa shape index (κ2) is 12.2. The van der Waals surface area contributed by atoms with Gasteiger partial charge in [0.25, 0.3) is 0 Å². The molecule has 0 aromatic carbocycles. The number of carbonyl (C=O) groups is 1. The number of aryl methyl sites for hydroxylation is 1. The van der Waals surface area contributed by atoms with Gasteiger partial charge in [0, 0.05) is 50.9 Å². The summed E-state index contributed by atoms with van der Waals surface area (Å²) in [6.07, 6.45) is 5.72. The lowest BCUT2D eigenvalue weighted by atomic mass is 9.85. The van der Waals surface area contributed by atoms with Gasteiger partial charge in [0.1, 0.15) is 12.4 Å². The monoisotopic (exact) mass is 552 g/mol. The zero-order valence-corrected chi connectivity index (χ0v) is 24.6. The second-order valence-electron chi connectivity index (χ2n) is 11.8. The van der Waals surface area contributed by atoms with Gasteiger partial charge in [0.05, 0.1) is 11.9 Å². The van der Waals surface area contributed by atoms with Crippen LogP contribution >= 0.6 is 0 Å². The van der Waals surface area contributed by atoms with Crippen LogP contribution in [0.2, 0.25) is 0 Å². The molecule has 1 aliphatic rings. The zero-order valence-electron chi connectivity index (χ0n) is 24.6. The molecule has 1 fully saturated rings. The summed E-state index contributed by atoms with van der Waals surface area (Å²) in [5.74, 6) is 1.85. The number of carbonyl (C=O) groups excluding carboxylic acids is 1. The van der Waals surface area contributed by atoms with E-state index in [4.69, 9.17) is 21.2 Å². The molecule has 4 heterocycles. The van der Waals surface area contributed by atoms with Crippen molar-refractivity contribution in [1.82, 2.24) is 29.5 Å². The van der Waals surface area contributed by atoms with Crippen LogP contribution in [0.25, 0.3) is 5.65 Å². The van der Waals surface area contributed by atoms with Crippen LogP contribution in [0.4, 0.5) is 22.4 Å². The first-order valence-electron chi connectivity index (χ1n) is 14.1. The van der Waals surface area contributed by atoms with E-state index in [9.17, 15) is 4.79 Å². The summed E-state index contributed by atoms with van der Waals surface area (Å²) in [5, 5.41) is 8.01. The van der Waals surface area contributed by atoms with Gasteiger partial charge in [-0.2, -0.15) is 4.98 Å². The standard InChI is InChI=1S/C28H44N10O2/c1-7-8-19(3)33-27-34-23(29)25-32-16-21(38(25)35-27)14-20-13-18(2)24(31-15-20)37-11-9-36(10-12-37)22(28(4,5)6)17-40-26(30)39/h13,15-16,19,22H,7-12,14,17H2,1-6H3,(H2,30,39)(H3,29,33,34,35)/t19?,22-/m1/s1. The van der Waals surface area contributed by atoms with Gasteiger partial charge in [0.15, 0.2) is 11.5 Å². The number of piperazine rings is 1. The highest BCUT2D eigenvalue weighted by Crippen LogP contribution is 2.28. The van der Waals surface area contributed by atoms with E-state index in [0.717, 1.165) is 61.7 Å². The van der Waals surface area contributed by atoms with E-state index in [1.807, 2.05) is 6.20 Å². The van der Waals surface area contributed by atoms with E-state index < -0.39 is 6.09 Å². The van der Waals surface area contributed by atoms with Crippen molar-refractivity contribution in [2.24, 2.45) is 11.1 Å². The topological polar surface area (TPSA) is 153 Å². The molecule has 12 heteroatoms. The van der Waals surface area contributed by atoms with Gasteiger partial charge < -0.3 is 26.4 Å².